The molecule has 0 aliphatic rings. The molecular formula is C25H25F2NO2S. The van der Waals surface area contributed by atoms with E-state index in [-0.39, 0.29) is 11.2 Å². The molecule has 162 valence electrons. The third-order valence-electron chi connectivity index (χ3n) is 5.03. The Labute approximate surface area is 185 Å². The smallest absolute Gasteiger partial charge is 0.262 e. The van der Waals surface area contributed by atoms with Crippen molar-refractivity contribution in [2.24, 2.45) is 0 Å². The Kier molecular flexibility index (Phi) is 6.70. The molecule has 0 spiro atoms. The highest BCUT2D eigenvalue weighted by molar-refractivity contribution is 7.15. The van der Waals surface area contributed by atoms with Crippen LogP contribution < -0.4 is 5.32 Å². The molecule has 0 radical (unpaired) electrons. The second kappa shape index (κ2) is 9.10. The fraction of sp³-hybridized carbons (Fsp3) is 0.280. The molecule has 1 N–H and O–H groups in total. The minimum absolute atomic E-state index is 0.00298. The quantitative estimate of drug-likeness (QED) is 0.410. The number of carbonyl (C=O) groups is 2. The highest BCUT2D eigenvalue weighted by Crippen LogP contribution is 2.38. The van der Waals surface area contributed by atoms with Crippen molar-refractivity contribution in [3.8, 4) is 11.1 Å². The van der Waals surface area contributed by atoms with Crippen LogP contribution in [0, 0.1) is 11.6 Å². The van der Waals surface area contributed by atoms with Crippen LogP contribution in [-0.2, 0) is 5.41 Å². The molecular weight excluding hydrogens is 416 g/mol. The highest BCUT2D eigenvalue weighted by Gasteiger charge is 2.24. The first kappa shape index (κ1) is 22.8. The number of amides is 1. The molecule has 1 amide bonds. The molecule has 3 nitrogen and oxygen atoms in total. The fourth-order valence-electron chi connectivity index (χ4n) is 3.32. The van der Waals surface area contributed by atoms with Gasteiger partial charge in [0.25, 0.3) is 5.91 Å². The van der Waals surface area contributed by atoms with Gasteiger partial charge >= 0.3 is 0 Å². The Morgan fingerprint density at radius 2 is 1.58 bits per heavy atom. The molecule has 6 heteroatoms. The largest absolute Gasteiger partial charge is 0.313 e. The predicted octanol–water partition coefficient (Wildman–Crippen LogP) is 7.23. The molecule has 0 saturated heterocycles. The summed E-state index contributed by atoms with van der Waals surface area (Å²) in [4.78, 5) is 25.5. The maximum atomic E-state index is 14.0. The van der Waals surface area contributed by atoms with Gasteiger partial charge in [-0.25, -0.2) is 8.78 Å². The number of rotatable bonds is 6. The third kappa shape index (κ3) is 4.90. The summed E-state index contributed by atoms with van der Waals surface area (Å²) in [5.41, 5.74) is 2.42. The van der Waals surface area contributed by atoms with Crippen LogP contribution in [0.4, 0.5) is 13.8 Å². The Bertz CT molecular complexity index is 1090. The van der Waals surface area contributed by atoms with Gasteiger partial charge in [0.05, 0.1) is 5.56 Å². The predicted molar refractivity (Wildman–Crippen MR) is 122 cm³/mol. The van der Waals surface area contributed by atoms with E-state index in [0.717, 1.165) is 23.3 Å². The molecule has 31 heavy (non-hydrogen) atoms. The lowest BCUT2D eigenvalue weighted by Crippen LogP contribution is -2.17. The summed E-state index contributed by atoms with van der Waals surface area (Å²) in [6, 6.07) is 11.2. The van der Waals surface area contributed by atoms with Gasteiger partial charge in [0, 0.05) is 17.4 Å². The van der Waals surface area contributed by atoms with E-state index < -0.39 is 23.1 Å². The van der Waals surface area contributed by atoms with Crippen LogP contribution >= 0.6 is 11.3 Å². The number of hydrogen-bond acceptors (Lipinski definition) is 3. The van der Waals surface area contributed by atoms with Crippen LogP contribution in [0.1, 0.15) is 66.8 Å². The molecule has 0 atom stereocenters. The molecule has 2 aromatic carbocycles. The molecule has 0 unspecified atom stereocenters. The van der Waals surface area contributed by atoms with E-state index in [2.05, 4.69) is 26.1 Å². The number of ketones is 1. The van der Waals surface area contributed by atoms with Crippen LogP contribution in [0.5, 0.6) is 0 Å². The van der Waals surface area contributed by atoms with Crippen molar-refractivity contribution < 1.29 is 18.4 Å². The molecule has 1 aromatic heterocycles. The van der Waals surface area contributed by atoms with Gasteiger partial charge in [0.1, 0.15) is 22.2 Å². The zero-order valence-electron chi connectivity index (χ0n) is 18.0. The monoisotopic (exact) mass is 441 g/mol. The number of Topliss-reactive ketones (excluding diaryl/α,β-unsaturated/α-hetero) is 1. The average molecular weight is 442 g/mol. The van der Waals surface area contributed by atoms with Gasteiger partial charge in [0.15, 0.2) is 5.78 Å². The number of nitrogens with one attached hydrogen (secondary N) is 1. The van der Waals surface area contributed by atoms with Crippen molar-refractivity contribution in [1.82, 2.24) is 0 Å². The highest BCUT2D eigenvalue weighted by atomic mass is 32.1. The molecule has 0 fully saturated rings. The summed E-state index contributed by atoms with van der Waals surface area (Å²) >= 11 is 1.17. The Balaban J connectivity index is 2.02. The second-order valence-electron chi connectivity index (χ2n) is 8.40. The van der Waals surface area contributed by atoms with Crippen LogP contribution in [0.25, 0.3) is 11.1 Å². The summed E-state index contributed by atoms with van der Waals surface area (Å²) in [6.45, 7) is 8.27. The number of hydrogen-bond donors (Lipinski definition) is 1. The van der Waals surface area contributed by atoms with E-state index in [1.54, 1.807) is 5.38 Å². The Hall–Kier alpha value is -2.86. The molecule has 3 rings (SSSR count). The van der Waals surface area contributed by atoms with Gasteiger partial charge in [-0.3, -0.25) is 9.59 Å². The SMILES string of the molecule is CCCC(=O)c1c(-c2ccc(C(C)(C)C)cc2)csc1NC(=O)c1c(F)cccc1F. The van der Waals surface area contributed by atoms with Crippen LogP contribution in [0.2, 0.25) is 0 Å². The van der Waals surface area contributed by atoms with Crippen molar-refractivity contribution in [2.75, 3.05) is 5.32 Å². The van der Waals surface area contributed by atoms with E-state index in [0.29, 0.717) is 29.0 Å². The fourth-order valence-corrected chi connectivity index (χ4v) is 4.30. The van der Waals surface area contributed by atoms with Crippen molar-refractivity contribution >= 4 is 28.0 Å². The van der Waals surface area contributed by atoms with Gasteiger partial charge in [-0.2, -0.15) is 0 Å². The van der Waals surface area contributed by atoms with Crippen molar-refractivity contribution in [3.63, 3.8) is 0 Å². The van der Waals surface area contributed by atoms with Crippen molar-refractivity contribution in [3.05, 3.63) is 76.2 Å². The second-order valence-corrected chi connectivity index (χ2v) is 9.28. The zero-order valence-corrected chi connectivity index (χ0v) is 18.8. The lowest BCUT2D eigenvalue weighted by Gasteiger charge is -2.19. The number of anilines is 1. The summed E-state index contributed by atoms with van der Waals surface area (Å²) in [7, 11) is 0. The summed E-state index contributed by atoms with van der Waals surface area (Å²) in [6.07, 6.45) is 0.952. The maximum absolute atomic E-state index is 14.0. The molecule has 0 saturated carbocycles. The van der Waals surface area contributed by atoms with Gasteiger partial charge in [-0.05, 0) is 35.1 Å². The standard InChI is InChI=1S/C25H25F2NO2S/c1-5-7-20(29)21-17(15-10-12-16(13-11-15)25(2,3)4)14-31-24(21)28-23(30)22-18(26)8-6-9-19(22)27/h6,8-14H,5,7H2,1-4H3,(H,28,30). The zero-order chi connectivity index (χ0) is 22.8. The minimum atomic E-state index is -0.950. The van der Waals surface area contributed by atoms with E-state index in [9.17, 15) is 18.4 Å². The number of thiophene rings is 1. The third-order valence-corrected chi connectivity index (χ3v) is 5.92. The summed E-state index contributed by atoms with van der Waals surface area (Å²) in [5, 5.41) is 4.64. The van der Waals surface area contributed by atoms with Crippen molar-refractivity contribution in [1.29, 1.82) is 0 Å². The van der Waals surface area contributed by atoms with E-state index in [4.69, 9.17) is 0 Å². The van der Waals surface area contributed by atoms with Gasteiger partial charge < -0.3 is 5.32 Å². The lowest BCUT2D eigenvalue weighted by molar-refractivity contribution is 0.0983. The Morgan fingerprint density at radius 1 is 0.968 bits per heavy atom. The molecule has 3 aromatic rings. The van der Waals surface area contributed by atoms with Crippen molar-refractivity contribution in [2.45, 2.75) is 46.0 Å². The molecule has 0 aliphatic carbocycles. The molecule has 0 aliphatic heterocycles. The summed E-state index contributed by atoms with van der Waals surface area (Å²) in [5.74, 6) is -2.94. The first-order valence-electron chi connectivity index (χ1n) is 10.1. The van der Waals surface area contributed by atoms with Gasteiger partial charge in [0.2, 0.25) is 0 Å². The van der Waals surface area contributed by atoms with E-state index in [1.165, 1.54) is 17.4 Å². The number of carbonyl (C=O) groups excluding carboxylic acids is 2. The number of benzene rings is 2. The first-order valence-corrected chi connectivity index (χ1v) is 11.0. The maximum Gasteiger partial charge on any atom is 0.262 e. The number of halogens is 2. The van der Waals surface area contributed by atoms with E-state index in [1.807, 2.05) is 31.2 Å². The van der Waals surface area contributed by atoms with Gasteiger partial charge in [-0.15, -0.1) is 11.3 Å². The minimum Gasteiger partial charge on any atom is -0.313 e. The average Bonchev–Trinajstić information content (AvgIpc) is 3.11. The topological polar surface area (TPSA) is 46.2 Å². The molecule has 0 bridgehead atoms. The van der Waals surface area contributed by atoms with Gasteiger partial charge in [-0.1, -0.05) is 58.0 Å². The van der Waals surface area contributed by atoms with Crippen LogP contribution in [-0.4, -0.2) is 11.7 Å². The van der Waals surface area contributed by atoms with E-state index >= 15 is 0 Å². The van der Waals surface area contributed by atoms with Crippen LogP contribution in [0.3, 0.4) is 0 Å². The molecule has 1 heterocycles. The van der Waals surface area contributed by atoms with Crippen LogP contribution in [0.15, 0.2) is 47.8 Å². The lowest BCUT2D eigenvalue weighted by atomic mass is 9.86. The first-order chi connectivity index (χ1) is 14.6. The Morgan fingerprint density at radius 3 is 2.13 bits per heavy atom. The summed E-state index contributed by atoms with van der Waals surface area (Å²) < 4.78 is 28.0. The normalized spacial score (nSPS) is 11.4.